The van der Waals surface area contributed by atoms with E-state index in [1.165, 1.54) is 18.3 Å². The van der Waals surface area contributed by atoms with Gasteiger partial charge in [-0.1, -0.05) is 6.07 Å². The van der Waals surface area contributed by atoms with Gasteiger partial charge in [-0.05, 0) is 42.3 Å². The first-order valence-corrected chi connectivity index (χ1v) is 8.23. The summed E-state index contributed by atoms with van der Waals surface area (Å²) in [5, 5.41) is 0. The molecule has 0 saturated carbocycles. The van der Waals surface area contributed by atoms with E-state index in [9.17, 15) is 18.0 Å². The Morgan fingerprint density at radius 2 is 2.04 bits per heavy atom. The fourth-order valence-corrected chi connectivity index (χ4v) is 2.45. The average Bonchev–Trinajstić information content (AvgIpc) is 3.19. The van der Waals surface area contributed by atoms with E-state index in [2.05, 4.69) is 14.7 Å². The Kier molecular flexibility index (Phi) is 5.62. The summed E-state index contributed by atoms with van der Waals surface area (Å²) < 4.78 is 48.8. The van der Waals surface area contributed by atoms with Crippen molar-refractivity contribution in [3.05, 3.63) is 72.1 Å². The lowest BCUT2D eigenvalue weighted by molar-refractivity contribution is -0.153. The number of halogens is 3. The van der Waals surface area contributed by atoms with Crippen LogP contribution < -0.4 is 4.74 Å². The number of benzene rings is 1. The Hall–Kier alpha value is -3.36. The zero-order valence-corrected chi connectivity index (χ0v) is 14.8. The molecular formula is C19H16F3N3O3. The van der Waals surface area contributed by atoms with E-state index in [1.54, 1.807) is 24.8 Å². The first kappa shape index (κ1) is 19.4. The Balaban J connectivity index is 1.68. The predicted octanol–water partition coefficient (Wildman–Crippen LogP) is 3.87. The maximum absolute atomic E-state index is 12.4. The fraction of sp³-hybridized carbons (Fsp3) is 0.211. The predicted molar refractivity (Wildman–Crippen MR) is 93.2 cm³/mol. The Labute approximate surface area is 158 Å². The molecule has 146 valence electrons. The molecule has 0 spiro atoms. The molecule has 0 aliphatic rings. The van der Waals surface area contributed by atoms with Gasteiger partial charge < -0.3 is 14.0 Å². The number of carbonyl (C=O) groups excluding carboxylic acids is 1. The van der Waals surface area contributed by atoms with Gasteiger partial charge in [-0.2, -0.15) is 13.2 Å². The second kappa shape index (κ2) is 8.12. The summed E-state index contributed by atoms with van der Waals surface area (Å²) in [6.45, 7) is 0.292. The van der Waals surface area contributed by atoms with E-state index >= 15 is 0 Å². The van der Waals surface area contributed by atoms with Crippen LogP contribution >= 0.6 is 0 Å². The van der Waals surface area contributed by atoms with E-state index in [1.807, 2.05) is 23.6 Å². The third-order valence-electron chi connectivity index (χ3n) is 3.84. The number of pyridine rings is 1. The number of alkyl halides is 3. The van der Waals surface area contributed by atoms with E-state index in [-0.39, 0.29) is 18.1 Å². The summed E-state index contributed by atoms with van der Waals surface area (Å²) in [6, 6.07) is 8.17. The van der Waals surface area contributed by atoms with E-state index in [0.29, 0.717) is 0 Å². The Morgan fingerprint density at radius 1 is 1.21 bits per heavy atom. The highest BCUT2D eigenvalue weighted by Gasteiger charge is 2.29. The molecular weight excluding hydrogens is 375 g/mol. The highest BCUT2D eigenvalue weighted by molar-refractivity contribution is 5.90. The summed E-state index contributed by atoms with van der Waals surface area (Å²) in [5.41, 5.74) is 2.23. The van der Waals surface area contributed by atoms with Gasteiger partial charge in [0.15, 0.2) is 18.1 Å². The largest absolute Gasteiger partial charge is 0.482 e. The lowest BCUT2D eigenvalue weighted by atomic mass is 10.1. The van der Waals surface area contributed by atoms with Crippen LogP contribution in [0.25, 0.3) is 5.69 Å². The number of ether oxygens (including phenoxy) is 2. The van der Waals surface area contributed by atoms with Crippen LogP contribution in [0.2, 0.25) is 0 Å². The number of rotatable bonds is 6. The minimum Gasteiger partial charge on any atom is -0.482 e. The van der Waals surface area contributed by atoms with Crippen molar-refractivity contribution in [2.45, 2.75) is 19.7 Å². The molecule has 2 aromatic heterocycles. The molecule has 0 aliphatic heterocycles. The quantitative estimate of drug-likeness (QED) is 0.597. The second-order valence-electron chi connectivity index (χ2n) is 5.91. The van der Waals surface area contributed by atoms with Gasteiger partial charge in [0, 0.05) is 24.3 Å². The topological polar surface area (TPSA) is 66.2 Å². The van der Waals surface area contributed by atoms with Crippen molar-refractivity contribution in [3.8, 4) is 11.4 Å². The molecule has 0 N–H and O–H groups in total. The molecule has 1 aromatic carbocycles. The lowest BCUT2D eigenvalue weighted by Crippen LogP contribution is -2.21. The summed E-state index contributed by atoms with van der Waals surface area (Å²) in [5.74, 6) is -1.15. The van der Waals surface area contributed by atoms with Gasteiger partial charge in [-0.3, -0.25) is 0 Å². The molecule has 0 atom stereocenters. The Morgan fingerprint density at radius 3 is 2.71 bits per heavy atom. The number of carbonyl (C=O) groups is 1. The highest BCUT2D eigenvalue weighted by Crippen LogP contribution is 2.22. The number of hydrogen-bond donors (Lipinski definition) is 0. The maximum Gasteiger partial charge on any atom is 0.422 e. The van der Waals surface area contributed by atoms with Crippen LogP contribution in [0.4, 0.5) is 13.2 Å². The third-order valence-corrected chi connectivity index (χ3v) is 3.84. The first-order chi connectivity index (χ1) is 13.3. The monoisotopic (exact) mass is 391 g/mol. The van der Waals surface area contributed by atoms with Crippen molar-refractivity contribution < 1.29 is 27.4 Å². The summed E-state index contributed by atoms with van der Waals surface area (Å²) in [6.07, 6.45) is 1.89. The minimum absolute atomic E-state index is 0.0514. The average molecular weight is 391 g/mol. The summed E-state index contributed by atoms with van der Waals surface area (Å²) >= 11 is 0. The van der Waals surface area contributed by atoms with Gasteiger partial charge in [0.05, 0.1) is 6.33 Å². The van der Waals surface area contributed by atoms with Crippen LogP contribution in [0.1, 0.15) is 21.6 Å². The molecule has 0 bridgehead atoms. The van der Waals surface area contributed by atoms with Gasteiger partial charge in [0.2, 0.25) is 0 Å². The number of hydrogen-bond acceptors (Lipinski definition) is 5. The van der Waals surface area contributed by atoms with Gasteiger partial charge in [0.1, 0.15) is 6.61 Å². The van der Waals surface area contributed by atoms with Crippen LogP contribution in [-0.4, -0.2) is 33.3 Å². The summed E-state index contributed by atoms with van der Waals surface area (Å²) in [4.78, 5) is 20.0. The molecule has 2 heterocycles. The molecule has 0 fully saturated rings. The number of imidazole rings is 1. The van der Waals surface area contributed by atoms with Crippen molar-refractivity contribution in [2.24, 2.45) is 0 Å². The second-order valence-corrected chi connectivity index (χ2v) is 5.91. The standard InChI is InChI=1S/C19H16F3N3O3/c1-13-9-15(25-8-7-23-12-25)5-4-14(13)10-27-18(26)17-16(3-2-6-24-17)28-11-19(20,21)22/h2-9,12H,10-11H2,1H3. The lowest BCUT2D eigenvalue weighted by Gasteiger charge is -2.13. The normalized spacial score (nSPS) is 11.3. The number of nitrogens with zero attached hydrogens (tertiary/aromatic N) is 3. The third kappa shape index (κ3) is 4.87. The molecule has 0 unspecified atom stereocenters. The maximum atomic E-state index is 12.4. The van der Waals surface area contributed by atoms with Crippen molar-refractivity contribution in [1.29, 1.82) is 0 Å². The Bertz CT molecular complexity index is 957. The van der Waals surface area contributed by atoms with E-state index in [4.69, 9.17) is 4.74 Å². The van der Waals surface area contributed by atoms with Crippen LogP contribution in [-0.2, 0) is 11.3 Å². The zero-order valence-electron chi connectivity index (χ0n) is 14.8. The van der Waals surface area contributed by atoms with Crippen molar-refractivity contribution >= 4 is 5.97 Å². The van der Waals surface area contributed by atoms with Gasteiger partial charge in [-0.15, -0.1) is 0 Å². The molecule has 0 aliphatic carbocycles. The SMILES string of the molecule is Cc1cc(-n2ccnc2)ccc1COC(=O)c1ncccc1OCC(F)(F)F. The smallest absolute Gasteiger partial charge is 0.422 e. The van der Waals surface area contributed by atoms with Gasteiger partial charge >= 0.3 is 12.1 Å². The molecule has 0 saturated heterocycles. The molecule has 0 amide bonds. The fourth-order valence-electron chi connectivity index (χ4n) is 2.45. The van der Waals surface area contributed by atoms with Crippen LogP contribution in [0.3, 0.4) is 0 Å². The van der Waals surface area contributed by atoms with Gasteiger partial charge in [0.25, 0.3) is 0 Å². The van der Waals surface area contributed by atoms with Crippen molar-refractivity contribution in [2.75, 3.05) is 6.61 Å². The van der Waals surface area contributed by atoms with E-state index < -0.39 is 18.8 Å². The van der Waals surface area contributed by atoms with Crippen LogP contribution in [0.5, 0.6) is 5.75 Å². The molecule has 28 heavy (non-hydrogen) atoms. The zero-order chi connectivity index (χ0) is 20.1. The summed E-state index contributed by atoms with van der Waals surface area (Å²) in [7, 11) is 0. The highest BCUT2D eigenvalue weighted by atomic mass is 19.4. The molecule has 3 rings (SSSR count). The van der Waals surface area contributed by atoms with Gasteiger partial charge in [-0.25, -0.2) is 14.8 Å². The number of esters is 1. The molecule has 3 aromatic rings. The van der Waals surface area contributed by atoms with E-state index in [0.717, 1.165) is 16.8 Å². The van der Waals surface area contributed by atoms with Crippen LogP contribution in [0, 0.1) is 6.92 Å². The van der Waals surface area contributed by atoms with Crippen LogP contribution in [0.15, 0.2) is 55.2 Å². The molecule has 6 nitrogen and oxygen atoms in total. The number of aromatic nitrogens is 3. The number of aryl methyl sites for hydroxylation is 1. The van der Waals surface area contributed by atoms with Crippen molar-refractivity contribution in [1.82, 2.24) is 14.5 Å². The molecule has 0 radical (unpaired) electrons. The first-order valence-electron chi connectivity index (χ1n) is 8.23. The minimum atomic E-state index is -4.52. The molecule has 9 heteroatoms. The van der Waals surface area contributed by atoms with Crippen molar-refractivity contribution in [3.63, 3.8) is 0 Å².